The molecule has 4 aliphatic carbocycles. The van der Waals surface area contributed by atoms with Crippen molar-refractivity contribution in [3.05, 3.63) is 83.4 Å². The lowest BCUT2D eigenvalue weighted by Gasteiger charge is -2.59. The van der Waals surface area contributed by atoms with E-state index < -0.39 is 5.60 Å². The van der Waals surface area contributed by atoms with E-state index >= 15 is 0 Å². The van der Waals surface area contributed by atoms with Crippen molar-refractivity contribution in [3.8, 4) is 0 Å². The summed E-state index contributed by atoms with van der Waals surface area (Å²) < 4.78 is 0. The summed E-state index contributed by atoms with van der Waals surface area (Å²) in [5.74, 6) is 2.83. The minimum absolute atomic E-state index is 0.129. The van der Waals surface area contributed by atoms with Gasteiger partial charge in [0.2, 0.25) is 0 Å². The zero-order chi connectivity index (χ0) is 25.1. The normalized spacial score (nSPS) is 38.9. The standard InChI is InChI=1S/C34H44O2/c1-23(34(36,24-10-6-4-7-11-24)25-12-8-5-9-13-25)29-16-17-30-28-15-14-26-22-27(35)18-20-32(26,2)31(28)19-21-33(29,30)3/h4-14,23,27-31,35-36H,15-22H2,1-3H3/t23-,27+,28-,29+,30-,31-,32-,33+/m0/s1. The molecule has 0 aromatic heterocycles. The Hall–Kier alpha value is -1.90. The molecule has 0 unspecified atom stereocenters. The van der Waals surface area contributed by atoms with E-state index in [1.54, 1.807) is 5.57 Å². The van der Waals surface area contributed by atoms with Gasteiger partial charge >= 0.3 is 0 Å². The molecule has 0 spiro atoms. The summed E-state index contributed by atoms with van der Waals surface area (Å²) in [5, 5.41) is 23.0. The fraction of sp³-hybridized carbons (Fsp3) is 0.588. The van der Waals surface area contributed by atoms with E-state index in [1.807, 2.05) is 12.1 Å². The number of benzene rings is 2. The van der Waals surface area contributed by atoms with E-state index in [0.29, 0.717) is 5.92 Å². The minimum Gasteiger partial charge on any atom is -0.393 e. The summed E-state index contributed by atoms with van der Waals surface area (Å²) >= 11 is 0. The van der Waals surface area contributed by atoms with Crippen molar-refractivity contribution in [1.82, 2.24) is 0 Å². The first-order chi connectivity index (χ1) is 17.3. The number of aliphatic hydroxyl groups excluding tert-OH is 1. The Morgan fingerprint density at radius 3 is 2.11 bits per heavy atom. The molecular formula is C34H44O2. The fourth-order valence-electron chi connectivity index (χ4n) is 9.87. The van der Waals surface area contributed by atoms with Crippen LogP contribution in [0, 0.1) is 40.4 Å². The third-order valence-corrected chi connectivity index (χ3v) is 11.8. The quantitative estimate of drug-likeness (QED) is 0.441. The highest BCUT2D eigenvalue weighted by atomic mass is 16.3. The Morgan fingerprint density at radius 1 is 0.833 bits per heavy atom. The van der Waals surface area contributed by atoms with Gasteiger partial charge in [0.1, 0.15) is 5.60 Å². The van der Waals surface area contributed by atoms with E-state index in [4.69, 9.17) is 0 Å². The second kappa shape index (κ2) is 8.84. The van der Waals surface area contributed by atoms with Gasteiger partial charge in [0.05, 0.1) is 6.10 Å². The molecule has 0 heterocycles. The molecule has 0 amide bonds. The number of allylic oxidation sites excluding steroid dienone is 1. The molecule has 3 fully saturated rings. The third kappa shape index (κ3) is 3.51. The maximum atomic E-state index is 12.6. The van der Waals surface area contributed by atoms with E-state index in [-0.39, 0.29) is 22.9 Å². The van der Waals surface area contributed by atoms with Crippen molar-refractivity contribution in [2.45, 2.75) is 83.8 Å². The average molecular weight is 485 g/mol. The van der Waals surface area contributed by atoms with Gasteiger partial charge in [-0.1, -0.05) is 93.1 Å². The first-order valence-corrected chi connectivity index (χ1v) is 14.5. The molecule has 2 aromatic carbocycles. The second-order valence-corrected chi connectivity index (χ2v) is 13.2. The highest BCUT2D eigenvalue weighted by Gasteiger charge is 2.61. The van der Waals surface area contributed by atoms with Crippen LogP contribution < -0.4 is 0 Å². The van der Waals surface area contributed by atoms with Crippen molar-refractivity contribution in [1.29, 1.82) is 0 Å². The van der Waals surface area contributed by atoms with Crippen LogP contribution in [0.3, 0.4) is 0 Å². The van der Waals surface area contributed by atoms with E-state index in [2.05, 4.69) is 75.4 Å². The summed E-state index contributed by atoms with van der Waals surface area (Å²) in [6.45, 7) is 7.42. The van der Waals surface area contributed by atoms with Crippen molar-refractivity contribution in [2.24, 2.45) is 40.4 Å². The molecule has 8 atom stereocenters. The lowest BCUT2D eigenvalue weighted by atomic mass is 9.46. The van der Waals surface area contributed by atoms with Crippen molar-refractivity contribution >= 4 is 0 Å². The van der Waals surface area contributed by atoms with Crippen LogP contribution in [0.15, 0.2) is 72.3 Å². The summed E-state index contributed by atoms with van der Waals surface area (Å²) in [6.07, 6.45) is 11.6. The number of rotatable bonds is 4. The van der Waals surface area contributed by atoms with Gasteiger partial charge in [-0.05, 0) is 103 Å². The molecule has 36 heavy (non-hydrogen) atoms. The molecule has 4 aliphatic rings. The molecule has 0 saturated heterocycles. The predicted molar refractivity (Wildman–Crippen MR) is 146 cm³/mol. The number of fused-ring (bicyclic) bond motifs is 5. The lowest BCUT2D eigenvalue weighted by Crippen LogP contribution is -2.52. The zero-order valence-corrected chi connectivity index (χ0v) is 22.4. The lowest BCUT2D eigenvalue weighted by molar-refractivity contribution is -0.0838. The summed E-state index contributed by atoms with van der Waals surface area (Å²) in [5.41, 5.74) is 3.13. The van der Waals surface area contributed by atoms with E-state index in [9.17, 15) is 10.2 Å². The summed E-state index contributed by atoms with van der Waals surface area (Å²) in [6, 6.07) is 20.8. The number of aliphatic hydroxyl groups is 2. The Labute approximate surface area is 217 Å². The molecule has 192 valence electrons. The van der Waals surface area contributed by atoms with Crippen LogP contribution in [-0.2, 0) is 5.60 Å². The highest BCUT2D eigenvalue weighted by molar-refractivity contribution is 5.37. The van der Waals surface area contributed by atoms with Gasteiger partial charge < -0.3 is 10.2 Å². The molecule has 2 heteroatoms. The number of hydrogen-bond acceptors (Lipinski definition) is 2. The van der Waals surface area contributed by atoms with Gasteiger partial charge in [0.15, 0.2) is 0 Å². The monoisotopic (exact) mass is 484 g/mol. The van der Waals surface area contributed by atoms with Crippen molar-refractivity contribution in [3.63, 3.8) is 0 Å². The maximum Gasteiger partial charge on any atom is 0.117 e. The van der Waals surface area contributed by atoms with E-state index in [0.717, 1.165) is 48.1 Å². The molecule has 2 aromatic rings. The SMILES string of the molecule is C[C@@H]([C@H]1CC[C@H]2[C@@H]3CC=C4C[C@H](O)CC[C@]4(C)[C@H]3CC[C@]12C)C(O)(c1ccccc1)c1ccccc1. The maximum absolute atomic E-state index is 12.6. The van der Waals surface area contributed by atoms with Gasteiger partial charge in [0.25, 0.3) is 0 Å². The van der Waals surface area contributed by atoms with Crippen LogP contribution in [0.1, 0.15) is 83.3 Å². The van der Waals surface area contributed by atoms with Crippen LogP contribution >= 0.6 is 0 Å². The van der Waals surface area contributed by atoms with Gasteiger partial charge in [-0.15, -0.1) is 0 Å². The van der Waals surface area contributed by atoms with Gasteiger partial charge in [-0.25, -0.2) is 0 Å². The molecule has 0 aliphatic heterocycles. The van der Waals surface area contributed by atoms with Crippen LogP contribution in [0.2, 0.25) is 0 Å². The molecule has 0 radical (unpaired) electrons. The van der Waals surface area contributed by atoms with Gasteiger partial charge in [-0.3, -0.25) is 0 Å². The minimum atomic E-state index is -0.993. The van der Waals surface area contributed by atoms with Crippen LogP contribution in [0.5, 0.6) is 0 Å². The highest BCUT2D eigenvalue weighted by Crippen LogP contribution is 2.68. The molecule has 6 rings (SSSR count). The van der Waals surface area contributed by atoms with Crippen molar-refractivity contribution in [2.75, 3.05) is 0 Å². The van der Waals surface area contributed by atoms with Crippen LogP contribution in [0.4, 0.5) is 0 Å². The largest absolute Gasteiger partial charge is 0.393 e. The zero-order valence-electron chi connectivity index (χ0n) is 22.4. The van der Waals surface area contributed by atoms with Crippen molar-refractivity contribution < 1.29 is 10.2 Å². The number of hydrogen-bond donors (Lipinski definition) is 2. The topological polar surface area (TPSA) is 40.5 Å². The molecule has 0 bridgehead atoms. The van der Waals surface area contributed by atoms with Crippen LogP contribution in [0.25, 0.3) is 0 Å². The van der Waals surface area contributed by atoms with Crippen LogP contribution in [-0.4, -0.2) is 16.3 Å². The average Bonchev–Trinajstić information content (AvgIpc) is 3.26. The predicted octanol–water partition coefficient (Wildman–Crippen LogP) is 7.50. The third-order valence-electron chi connectivity index (χ3n) is 11.8. The molecule has 2 nitrogen and oxygen atoms in total. The Morgan fingerprint density at radius 2 is 1.47 bits per heavy atom. The van der Waals surface area contributed by atoms with E-state index in [1.165, 1.54) is 32.1 Å². The molecule has 3 saturated carbocycles. The summed E-state index contributed by atoms with van der Waals surface area (Å²) in [7, 11) is 0. The van der Waals surface area contributed by atoms with Gasteiger partial charge in [-0.2, -0.15) is 0 Å². The Kier molecular flexibility index (Phi) is 6.00. The first kappa shape index (κ1) is 24.4. The molecule has 2 N–H and O–H groups in total. The molecular weight excluding hydrogens is 440 g/mol. The van der Waals surface area contributed by atoms with Gasteiger partial charge in [0, 0.05) is 0 Å². The Balaban J connectivity index is 1.34. The second-order valence-electron chi connectivity index (χ2n) is 13.2. The fourth-order valence-corrected chi connectivity index (χ4v) is 9.87. The summed E-state index contributed by atoms with van der Waals surface area (Å²) in [4.78, 5) is 0. The Bertz CT molecular complexity index is 1070. The first-order valence-electron chi connectivity index (χ1n) is 14.5. The smallest absolute Gasteiger partial charge is 0.117 e.